The molecular weight excluding hydrogens is 370 g/mol. The van der Waals surface area contributed by atoms with Crippen LogP contribution in [0.2, 0.25) is 0 Å². The van der Waals surface area contributed by atoms with Crippen molar-refractivity contribution in [1.29, 1.82) is 0 Å². The molecule has 28 heavy (non-hydrogen) atoms. The van der Waals surface area contributed by atoms with E-state index in [9.17, 15) is 4.79 Å². The van der Waals surface area contributed by atoms with Gasteiger partial charge in [0, 0.05) is 17.3 Å². The first kappa shape index (κ1) is 18.7. The van der Waals surface area contributed by atoms with E-state index in [1.807, 2.05) is 65.6 Å². The van der Waals surface area contributed by atoms with Gasteiger partial charge in [-0.05, 0) is 37.1 Å². The van der Waals surface area contributed by atoms with Crippen LogP contribution in [0.5, 0.6) is 0 Å². The van der Waals surface area contributed by atoms with Crippen molar-refractivity contribution in [1.82, 2.24) is 10.2 Å². The zero-order valence-corrected chi connectivity index (χ0v) is 16.5. The van der Waals surface area contributed by atoms with Crippen LogP contribution in [0.15, 0.2) is 70.3 Å². The number of rotatable bonds is 6. The van der Waals surface area contributed by atoms with E-state index in [2.05, 4.69) is 10.2 Å². The predicted molar refractivity (Wildman–Crippen MR) is 111 cm³/mol. The summed E-state index contributed by atoms with van der Waals surface area (Å²) in [7, 11) is 0. The van der Waals surface area contributed by atoms with Crippen LogP contribution in [0.1, 0.15) is 32.1 Å². The number of carbonyl (C=O) groups excluding carboxylic acids is 1. The van der Waals surface area contributed by atoms with Crippen LogP contribution >= 0.6 is 11.8 Å². The van der Waals surface area contributed by atoms with Gasteiger partial charge in [-0.25, -0.2) is 0 Å². The van der Waals surface area contributed by atoms with Crippen molar-refractivity contribution in [2.75, 3.05) is 10.7 Å². The largest absolute Gasteiger partial charge is 0.411 e. The molecule has 0 bridgehead atoms. The molecule has 1 saturated carbocycles. The maximum Gasteiger partial charge on any atom is 0.277 e. The Bertz CT molecular complexity index is 892. The zero-order chi connectivity index (χ0) is 19.2. The molecule has 0 radical (unpaired) electrons. The quantitative estimate of drug-likeness (QED) is 0.539. The number of carbonyl (C=O) groups is 1. The first-order valence-corrected chi connectivity index (χ1v) is 10.7. The summed E-state index contributed by atoms with van der Waals surface area (Å²) in [5, 5.41) is 8.60. The Kier molecular flexibility index (Phi) is 6.07. The molecule has 5 nitrogen and oxygen atoms in total. The lowest BCUT2D eigenvalue weighted by atomic mass is 9.93. The van der Waals surface area contributed by atoms with E-state index in [0.29, 0.717) is 11.1 Å². The van der Waals surface area contributed by atoms with Crippen LogP contribution in [-0.4, -0.2) is 27.9 Å². The number of hydrogen-bond donors (Lipinski definition) is 0. The first-order chi connectivity index (χ1) is 13.8. The van der Waals surface area contributed by atoms with Gasteiger partial charge in [0.2, 0.25) is 11.8 Å². The Hall–Kier alpha value is -2.60. The van der Waals surface area contributed by atoms with Crippen molar-refractivity contribution in [3.63, 3.8) is 0 Å². The summed E-state index contributed by atoms with van der Waals surface area (Å²) in [5.74, 6) is 0.840. The average molecular weight is 394 g/mol. The van der Waals surface area contributed by atoms with Crippen molar-refractivity contribution in [2.24, 2.45) is 0 Å². The third-order valence-corrected chi connectivity index (χ3v) is 5.79. The van der Waals surface area contributed by atoms with Gasteiger partial charge in [-0.3, -0.25) is 4.79 Å². The molecule has 1 fully saturated rings. The molecule has 1 aliphatic carbocycles. The van der Waals surface area contributed by atoms with Crippen LogP contribution in [0.25, 0.3) is 11.5 Å². The fourth-order valence-corrected chi connectivity index (χ4v) is 4.27. The van der Waals surface area contributed by atoms with Gasteiger partial charge in [0.05, 0.1) is 5.75 Å². The van der Waals surface area contributed by atoms with Crippen LogP contribution in [-0.2, 0) is 4.79 Å². The number of amides is 1. The van der Waals surface area contributed by atoms with Gasteiger partial charge in [-0.15, -0.1) is 10.2 Å². The second-order valence-electron chi connectivity index (χ2n) is 6.92. The minimum atomic E-state index is 0.0857. The Morgan fingerprint density at radius 2 is 1.64 bits per heavy atom. The molecule has 0 N–H and O–H groups in total. The maximum atomic E-state index is 13.1. The number of aromatic nitrogens is 2. The zero-order valence-electron chi connectivity index (χ0n) is 15.7. The number of nitrogens with zero attached hydrogens (tertiary/aromatic N) is 3. The summed E-state index contributed by atoms with van der Waals surface area (Å²) >= 11 is 1.30. The van der Waals surface area contributed by atoms with Gasteiger partial charge < -0.3 is 9.32 Å². The fourth-order valence-electron chi connectivity index (χ4n) is 3.64. The SMILES string of the molecule is O=C(CSc1nnc(-c2ccccc2)o1)N(c1ccccc1)C1CCCCC1. The maximum absolute atomic E-state index is 13.1. The summed E-state index contributed by atoms with van der Waals surface area (Å²) in [5.41, 5.74) is 1.84. The molecule has 0 spiro atoms. The number of benzene rings is 2. The summed E-state index contributed by atoms with van der Waals surface area (Å²) in [6, 6.07) is 19.9. The minimum Gasteiger partial charge on any atom is -0.411 e. The normalized spacial score (nSPS) is 14.7. The Morgan fingerprint density at radius 1 is 0.964 bits per heavy atom. The average Bonchev–Trinajstić information content (AvgIpc) is 3.24. The topological polar surface area (TPSA) is 59.2 Å². The van der Waals surface area contributed by atoms with E-state index in [-0.39, 0.29) is 17.7 Å². The van der Waals surface area contributed by atoms with Crippen molar-refractivity contribution in [3.05, 3.63) is 60.7 Å². The minimum absolute atomic E-state index is 0.0857. The molecule has 2 aromatic carbocycles. The van der Waals surface area contributed by atoms with Gasteiger partial charge in [-0.1, -0.05) is 67.4 Å². The fraction of sp³-hybridized carbons (Fsp3) is 0.318. The predicted octanol–water partition coefficient (Wildman–Crippen LogP) is 5.19. The van der Waals surface area contributed by atoms with Crippen LogP contribution < -0.4 is 4.90 Å². The highest BCUT2D eigenvalue weighted by molar-refractivity contribution is 7.99. The molecule has 0 aliphatic heterocycles. The number of thioether (sulfide) groups is 1. The second kappa shape index (κ2) is 9.06. The summed E-state index contributed by atoms with van der Waals surface area (Å²) in [6.07, 6.45) is 5.73. The van der Waals surface area contributed by atoms with E-state index in [1.54, 1.807) is 0 Å². The van der Waals surface area contributed by atoms with Crippen LogP contribution in [0.3, 0.4) is 0 Å². The van der Waals surface area contributed by atoms with E-state index < -0.39 is 0 Å². The highest BCUT2D eigenvalue weighted by atomic mass is 32.2. The molecule has 1 aromatic heterocycles. The first-order valence-electron chi connectivity index (χ1n) is 9.70. The van der Waals surface area contributed by atoms with Gasteiger partial charge in [0.25, 0.3) is 5.22 Å². The second-order valence-corrected chi connectivity index (χ2v) is 7.85. The Balaban J connectivity index is 1.45. The van der Waals surface area contributed by atoms with Gasteiger partial charge in [0.1, 0.15) is 0 Å². The Labute approximate surface area is 169 Å². The van der Waals surface area contributed by atoms with Crippen molar-refractivity contribution in [2.45, 2.75) is 43.4 Å². The van der Waals surface area contributed by atoms with Crippen LogP contribution in [0.4, 0.5) is 5.69 Å². The van der Waals surface area contributed by atoms with Crippen LogP contribution in [0, 0.1) is 0 Å². The van der Waals surface area contributed by atoms with Crippen molar-refractivity contribution in [3.8, 4) is 11.5 Å². The van der Waals surface area contributed by atoms with E-state index in [0.717, 1.165) is 24.1 Å². The molecular formula is C22H23N3O2S. The molecule has 3 aromatic rings. The van der Waals surface area contributed by atoms with Gasteiger partial charge in [-0.2, -0.15) is 0 Å². The molecule has 1 heterocycles. The lowest BCUT2D eigenvalue weighted by Crippen LogP contribution is -2.42. The molecule has 0 saturated heterocycles. The number of anilines is 1. The molecule has 4 rings (SSSR count). The van der Waals surface area contributed by atoms with Crippen molar-refractivity contribution < 1.29 is 9.21 Å². The molecule has 1 aliphatic rings. The smallest absolute Gasteiger partial charge is 0.277 e. The highest BCUT2D eigenvalue weighted by Gasteiger charge is 2.27. The third kappa shape index (κ3) is 4.44. The van der Waals surface area contributed by atoms with Gasteiger partial charge >= 0.3 is 0 Å². The van der Waals surface area contributed by atoms with Crippen molar-refractivity contribution >= 4 is 23.4 Å². The summed E-state index contributed by atoms with van der Waals surface area (Å²) in [6.45, 7) is 0. The van der Waals surface area contributed by atoms with E-state index in [4.69, 9.17) is 4.42 Å². The van der Waals surface area contributed by atoms with Gasteiger partial charge in [0.15, 0.2) is 0 Å². The monoisotopic (exact) mass is 393 g/mol. The number of para-hydroxylation sites is 1. The number of hydrogen-bond acceptors (Lipinski definition) is 5. The standard InChI is InChI=1S/C22H23N3O2S/c26-20(16-28-22-24-23-21(27-22)17-10-4-1-5-11-17)25(18-12-6-2-7-13-18)19-14-8-3-9-15-19/h1-2,4-7,10-13,19H,3,8-9,14-16H2. The summed E-state index contributed by atoms with van der Waals surface area (Å²) < 4.78 is 5.72. The lowest BCUT2D eigenvalue weighted by Gasteiger charge is -2.34. The Morgan fingerprint density at radius 3 is 2.36 bits per heavy atom. The molecule has 1 amide bonds. The third-order valence-electron chi connectivity index (χ3n) is 4.99. The molecule has 0 atom stereocenters. The molecule has 0 unspecified atom stereocenters. The van der Waals surface area contributed by atoms with E-state index >= 15 is 0 Å². The lowest BCUT2D eigenvalue weighted by molar-refractivity contribution is -0.116. The molecule has 144 valence electrons. The molecule has 6 heteroatoms. The van der Waals surface area contributed by atoms with E-state index in [1.165, 1.54) is 31.0 Å². The highest BCUT2D eigenvalue weighted by Crippen LogP contribution is 2.29. The summed E-state index contributed by atoms with van der Waals surface area (Å²) in [4.78, 5) is 15.1.